The molecule has 0 unspecified atom stereocenters. The molecule has 1 heterocycles. The maximum Gasteiger partial charge on any atom is 0.329 e. The Morgan fingerprint density at radius 2 is 0.699 bits per heavy atom. The Kier molecular flexibility index (Phi) is 31.7. The van der Waals surface area contributed by atoms with Gasteiger partial charge >= 0.3 is 35.8 Å². The molecule has 1 aliphatic heterocycles. The number of nitrogens with one attached hydrogen (secondary N) is 6. The summed E-state index contributed by atoms with van der Waals surface area (Å²) in [5, 5.41) is 15.6. The first kappa shape index (κ1) is 79.9. The second kappa shape index (κ2) is 36.9. The molecule has 25 heteroatoms. The lowest BCUT2D eigenvalue weighted by Crippen LogP contribution is -2.55. The average molecular weight is 1310 g/mol. The fraction of sp³-hybridized carbons (Fsp3) is 0.735. The average Bonchev–Trinajstić information content (AvgIpc) is 0.956. The van der Waals surface area contributed by atoms with E-state index in [4.69, 9.17) is 33.2 Å². The predicted molar refractivity (Wildman–Crippen MR) is 343 cm³/mol. The molecule has 1 saturated heterocycles. The number of benzene rings is 1. The van der Waals surface area contributed by atoms with Crippen LogP contribution in [0.5, 0.6) is 5.75 Å². The van der Waals surface area contributed by atoms with E-state index < -0.39 is 179 Å². The van der Waals surface area contributed by atoms with Gasteiger partial charge in [0.05, 0.1) is 0 Å². The Bertz CT molecular complexity index is 2720. The molecule has 2 fully saturated rings. The summed E-state index contributed by atoms with van der Waals surface area (Å²) in [6.45, 7) is 32.5. The number of hydrogen-bond donors (Lipinski definition) is 6. The number of carbonyl (C=O) groups is 12. The van der Waals surface area contributed by atoms with E-state index in [1.54, 1.807) is 121 Å². The van der Waals surface area contributed by atoms with Crippen LogP contribution in [0.2, 0.25) is 0 Å². The van der Waals surface area contributed by atoms with Gasteiger partial charge in [-0.3, -0.25) is 28.8 Å². The summed E-state index contributed by atoms with van der Waals surface area (Å²) in [7, 11) is 0. The number of esters is 6. The third kappa shape index (κ3) is 26.5. The van der Waals surface area contributed by atoms with Gasteiger partial charge in [-0.1, -0.05) is 141 Å². The van der Waals surface area contributed by atoms with E-state index in [-0.39, 0.29) is 43.4 Å². The molecule has 93 heavy (non-hydrogen) atoms. The maximum atomic E-state index is 14.8. The molecule has 1 saturated carbocycles. The number of amides is 6. The SMILES string of the molecule is CC(C)C[C@H]1OC(=O)[C@H](C(C)C)NC(=O)[C@H](C)OC(=O)[C@@H](C(C)C)NC(=O)[C@@H](CC(C)C)OC(=O)[C@H](C(C)C)NC(=O)[C@H](C)OC(=O)[C@@H](C(C)C)NC(=O)[C@@H](CC2CCCCC2)OC(=O)[C@H](Cc2ccc(OC(C)(C)C)cc2)NC(=O)[C@H](C)OC(=O)[C@@H](C(C)C)NC1=O. The minimum absolute atomic E-state index is 0.0364. The second-order valence-corrected chi connectivity index (χ2v) is 28.3. The van der Waals surface area contributed by atoms with E-state index in [9.17, 15) is 57.5 Å². The van der Waals surface area contributed by atoms with Gasteiger partial charge in [-0.2, -0.15) is 0 Å². The molecule has 6 N–H and O–H groups in total. The molecule has 12 atom stereocenters. The molecule has 1 aliphatic carbocycles. The number of rotatable bonds is 14. The fourth-order valence-corrected chi connectivity index (χ4v) is 10.3. The lowest BCUT2D eigenvalue weighted by atomic mass is 9.85. The molecule has 0 spiro atoms. The van der Waals surface area contributed by atoms with Crippen LogP contribution in [-0.2, 0) is 92.4 Å². The van der Waals surface area contributed by atoms with E-state index in [1.165, 1.54) is 20.8 Å². The summed E-state index contributed by atoms with van der Waals surface area (Å²) in [6, 6.07) is -1.85. The molecule has 6 amide bonds. The molecule has 0 aromatic heterocycles. The molecule has 2 aliphatic rings. The van der Waals surface area contributed by atoms with Crippen LogP contribution < -0.4 is 36.6 Å². The first-order chi connectivity index (χ1) is 43.2. The summed E-state index contributed by atoms with van der Waals surface area (Å²) in [6.07, 6.45) is -5.49. The van der Waals surface area contributed by atoms with Gasteiger partial charge in [0, 0.05) is 6.42 Å². The second-order valence-electron chi connectivity index (χ2n) is 28.3. The third-order valence-electron chi connectivity index (χ3n) is 15.8. The normalized spacial score (nSPS) is 27.3. The van der Waals surface area contributed by atoms with Crippen molar-refractivity contribution in [1.29, 1.82) is 0 Å². The van der Waals surface area contributed by atoms with Gasteiger partial charge in [-0.25, -0.2) is 28.8 Å². The number of carbonyl (C=O) groups excluding carboxylic acids is 12. The molecule has 1 aromatic rings. The van der Waals surface area contributed by atoms with Gasteiger partial charge in [0.15, 0.2) is 36.6 Å². The molecule has 0 radical (unpaired) electrons. The Hall–Kier alpha value is -7.34. The Labute approximate surface area is 549 Å². The van der Waals surface area contributed by atoms with E-state index in [2.05, 4.69) is 31.9 Å². The summed E-state index contributed by atoms with van der Waals surface area (Å²) in [5.74, 6) is -15.1. The van der Waals surface area contributed by atoms with Gasteiger partial charge in [-0.05, 0) is 126 Å². The monoisotopic (exact) mass is 1310 g/mol. The van der Waals surface area contributed by atoms with E-state index in [1.807, 2.05) is 20.8 Å². The zero-order valence-electron chi connectivity index (χ0n) is 58.5. The topological polar surface area (TPSA) is 342 Å². The van der Waals surface area contributed by atoms with Crippen LogP contribution in [0, 0.1) is 47.3 Å². The summed E-state index contributed by atoms with van der Waals surface area (Å²) in [4.78, 5) is 170. The van der Waals surface area contributed by atoms with Crippen LogP contribution in [-0.4, -0.2) is 150 Å². The maximum absolute atomic E-state index is 14.8. The summed E-state index contributed by atoms with van der Waals surface area (Å²) in [5.41, 5.74) is -0.0208. The van der Waals surface area contributed by atoms with Crippen molar-refractivity contribution in [3.05, 3.63) is 29.8 Å². The van der Waals surface area contributed by atoms with Crippen molar-refractivity contribution < 1.29 is 90.7 Å². The Morgan fingerprint density at radius 3 is 1.02 bits per heavy atom. The summed E-state index contributed by atoms with van der Waals surface area (Å²) < 4.78 is 40.6. The molecule has 524 valence electrons. The smallest absolute Gasteiger partial charge is 0.329 e. The predicted octanol–water partition coefficient (Wildman–Crippen LogP) is 6.20. The van der Waals surface area contributed by atoms with Crippen LogP contribution in [0.4, 0.5) is 0 Å². The largest absolute Gasteiger partial charge is 0.488 e. The van der Waals surface area contributed by atoms with Crippen LogP contribution in [0.1, 0.15) is 195 Å². The van der Waals surface area contributed by atoms with E-state index in [0.29, 0.717) is 24.2 Å². The van der Waals surface area contributed by atoms with Crippen molar-refractivity contribution in [2.45, 2.75) is 275 Å². The number of hydrogen-bond acceptors (Lipinski definition) is 19. The van der Waals surface area contributed by atoms with Gasteiger partial charge in [0.1, 0.15) is 47.6 Å². The molecular formula is C68H108N6O19. The minimum Gasteiger partial charge on any atom is -0.488 e. The zero-order valence-corrected chi connectivity index (χ0v) is 58.5. The highest BCUT2D eigenvalue weighted by molar-refractivity contribution is 5.96. The number of cyclic esters (lactones) is 6. The van der Waals surface area contributed by atoms with Crippen molar-refractivity contribution in [2.24, 2.45) is 47.3 Å². The first-order valence-electron chi connectivity index (χ1n) is 33.0. The lowest BCUT2D eigenvalue weighted by molar-refractivity contribution is -0.166. The Balaban J connectivity index is 2.20. The quantitative estimate of drug-likeness (QED) is 0.0891. The van der Waals surface area contributed by atoms with Crippen LogP contribution in [0.3, 0.4) is 0 Å². The van der Waals surface area contributed by atoms with Crippen LogP contribution in [0.25, 0.3) is 0 Å². The van der Waals surface area contributed by atoms with Crippen molar-refractivity contribution in [2.75, 3.05) is 0 Å². The molecule has 1 aromatic carbocycles. The van der Waals surface area contributed by atoms with Gasteiger partial charge < -0.3 is 65.1 Å². The van der Waals surface area contributed by atoms with Gasteiger partial charge in [0.2, 0.25) is 0 Å². The molecule has 25 nitrogen and oxygen atoms in total. The van der Waals surface area contributed by atoms with Crippen LogP contribution >= 0.6 is 0 Å². The van der Waals surface area contributed by atoms with Crippen molar-refractivity contribution in [1.82, 2.24) is 31.9 Å². The van der Waals surface area contributed by atoms with Crippen molar-refractivity contribution in [3.8, 4) is 5.75 Å². The van der Waals surface area contributed by atoms with Crippen molar-refractivity contribution >= 4 is 71.3 Å². The van der Waals surface area contributed by atoms with Crippen molar-refractivity contribution in [3.63, 3.8) is 0 Å². The highest BCUT2D eigenvalue weighted by Crippen LogP contribution is 2.29. The third-order valence-corrected chi connectivity index (χ3v) is 15.8. The van der Waals surface area contributed by atoms with Gasteiger partial charge in [-0.15, -0.1) is 0 Å². The molecule has 3 rings (SSSR count). The highest BCUT2D eigenvalue weighted by Gasteiger charge is 2.41. The van der Waals surface area contributed by atoms with Crippen LogP contribution in [0.15, 0.2) is 24.3 Å². The standard InChI is InChI=1S/C68H108N6O19/c1-34(2)30-48-59(78)72-51(36(5)6)63(82)87-41(15)56(75)69-47(32-45-26-28-46(29-27-45)93-68(18,19)20)62(81)90-50(33-44-24-22-21-23-25-44)61(80)74-53(38(9)10)65(84)89-43(17)58(77)71-55(40(13)14)67(86)92-49(31-35(3)4)60(79)73-52(37(7)8)64(83)88-42(16)57(76)70-54(39(11)12)66(85)91-48/h26-29,34-44,47-55H,21-25,30-33H2,1-20H3,(H,69,75)(H,70,76)(H,71,77)(H,72,78)(H,73,79)(H,74,80)/t41-,42-,43-,47-,48+,49+,50+,51+,52+,53+,54-,55-/m0/s1. The minimum atomic E-state index is -1.61. The van der Waals surface area contributed by atoms with Gasteiger partial charge in [0.25, 0.3) is 35.4 Å². The van der Waals surface area contributed by atoms with E-state index >= 15 is 0 Å². The molecular weight excluding hydrogens is 1200 g/mol. The highest BCUT2D eigenvalue weighted by atomic mass is 16.6. The number of ether oxygens (including phenoxy) is 7. The zero-order chi connectivity index (χ0) is 70.5. The van der Waals surface area contributed by atoms with E-state index in [0.717, 1.165) is 19.3 Å². The Morgan fingerprint density at radius 1 is 0.398 bits per heavy atom. The molecule has 0 bridgehead atoms. The lowest BCUT2D eigenvalue weighted by Gasteiger charge is -2.30. The fourth-order valence-electron chi connectivity index (χ4n) is 10.3. The summed E-state index contributed by atoms with van der Waals surface area (Å²) >= 11 is 0. The first-order valence-corrected chi connectivity index (χ1v) is 33.0.